The summed E-state index contributed by atoms with van der Waals surface area (Å²) in [7, 11) is 0. The number of nitrogens with one attached hydrogen (secondary N) is 1. The van der Waals surface area contributed by atoms with Crippen molar-refractivity contribution in [1.82, 2.24) is 5.32 Å². The second-order valence-electron chi connectivity index (χ2n) is 6.44. The molecule has 1 aliphatic heterocycles. The molecular formula is C15H23NO4. The Morgan fingerprint density at radius 3 is 2.60 bits per heavy atom. The maximum atomic E-state index is 12.2. The Hall–Kier alpha value is -1.23. The Balaban J connectivity index is 1.97. The van der Waals surface area contributed by atoms with E-state index in [2.05, 4.69) is 12.2 Å². The first-order valence-corrected chi connectivity index (χ1v) is 7.44. The van der Waals surface area contributed by atoms with Crippen molar-refractivity contribution in [3.63, 3.8) is 0 Å². The molecule has 2 rings (SSSR count). The van der Waals surface area contributed by atoms with Crippen LogP contribution in [0.4, 0.5) is 0 Å². The molecule has 0 radical (unpaired) electrons. The van der Waals surface area contributed by atoms with E-state index in [0.717, 1.165) is 6.42 Å². The normalized spacial score (nSPS) is 36.6. The zero-order chi connectivity index (χ0) is 14.9. The Morgan fingerprint density at radius 2 is 1.95 bits per heavy atom. The molecule has 0 spiro atoms. The van der Waals surface area contributed by atoms with Gasteiger partial charge in [0, 0.05) is 24.2 Å². The molecule has 5 atom stereocenters. The van der Waals surface area contributed by atoms with Crippen molar-refractivity contribution in [2.45, 2.75) is 52.1 Å². The van der Waals surface area contributed by atoms with Crippen LogP contribution in [0.3, 0.4) is 0 Å². The number of rotatable bonds is 3. The number of amides is 2. The maximum Gasteiger partial charge on any atom is 0.229 e. The van der Waals surface area contributed by atoms with Crippen LogP contribution in [0.15, 0.2) is 0 Å². The molecule has 112 valence electrons. The summed E-state index contributed by atoms with van der Waals surface area (Å²) in [4.78, 5) is 35.0. The first kappa shape index (κ1) is 15.2. The minimum Gasteiger partial charge on any atom is -0.392 e. The quantitative estimate of drug-likeness (QED) is 0.757. The summed E-state index contributed by atoms with van der Waals surface area (Å²) in [5.74, 6) is -0.768. The first-order chi connectivity index (χ1) is 9.38. The Morgan fingerprint density at radius 1 is 1.25 bits per heavy atom. The molecule has 1 aliphatic carbocycles. The second-order valence-corrected chi connectivity index (χ2v) is 6.44. The minimum absolute atomic E-state index is 0.0137. The summed E-state index contributed by atoms with van der Waals surface area (Å²) < 4.78 is 0. The van der Waals surface area contributed by atoms with Crippen LogP contribution in [0.1, 0.15) is 46.0 Å². The molecule has 1 saturated carbocycles. The van der Waals surface area contributed by atoms with Gasteiger partial charge in [-0.05, 0) is 31.6 Å². The summed E-state index contributed by atoms with van der Waals surface area (Å²) in [6, 6.07) is 0. The first-order valence-electron chi connectivity index (χ1n) is 7.44. The van der Waals surface area contributed by atoms with Crippen LogP contribution in [0.2, 0.25) is 0 Å². The van der Waals surface area contributed by atoms with Crippen molar-refractivity contribution >= 4 is 17.6 Å². The van der Waals surface area contributed by atoms with Gasteiger partial charge >= 0.3 is 0 Å². The van der Waals surface area contributed by atoms with Crippen LogP contribution in [-0.4, -0.2) is 28.8 Å². The average Bonchev–Trinajstić information content (AvgIpc) is 2.37. The number of hydrogen-bond acceptors (Lipinski definition) is 4. The van der Waals surface area contributed by atoms with E-state index in [1.807, 2.05) is 6.92 Å². The van der Waals surface area contributed by atoms with E-state index in [9.17, 15) is 19.5 Å². The van der Waals surface area contributed by atoms with Crippen LogP contribution >= 0.6 is 0 Å². The summed E-state index contributed by atoms with van der Waals surface area (Å²) in [5.41, 5.74) is 0. The van der Waals surface area contributed by atoms with Gasteiger partial charge in [0.05, 0.1) is 6.10 Å². The van der Waals surface area contributed by atoms with Crippen molar-refractivity contribution in [1.29, 1.82) is 0 Å². The molecule has 0 aromatic heterocycles. The molecule has 2 aliphatic rings. The van der Waals surface area contributed by atoms with Crippen LogP contribution in [0.25, 0.3) is 0 Å². The molecule has 5 nitrogen and oxygen atoms in total. The topological polar surface area (TPSA) is 83.5 Å². The molecule has 1 heterocycles. The van der Waals surface area contributed by atoms with Gasteiger partial charge in [-0.1, -0.05) is 13.8 Å². The molecule has 2 fully saturated rings. The Kier molecular flexibility index (Phi) is 4.58. The number of carbonyl (C=O) groups excluding carboxylic acids is 3. The van der Waals surface area contributed by atoms with Crippen molar-refractivity contribution in [2.24, 2.45) is 23.7 Å². The van der Waals surface area contributed by atoms with E-state index >= 15 is 0 Å². The van der Waals surface area contributed by atoms with E-state index in [1.165, 1.54) is 0 Å². The SMILES string of the molecule is CC1C[C@H](C)CC(C(O)CC2CCC(=O)NC2=O)C1=O. The molecule has 0 aromatic rings. The lowest BCUT2D eigenvalue weighted by Crippen LogP contribution is -2.44. The molecule has 20 heavy (non-hydrogen) atoms. The number of imide groups is 1. The van der Waals surface area contributed by atoms with Crippen molar-refractivity contribution < 1.29 is 19.5 Å². The molecule has 0 aromatic carbocycles. The fraction of sp³-hybridized carbons (Fsp3) is 0.800. The van der Waals surface area contributed by atoms with Crippen molar-refractivity contribution in [3.05, 3.63) is 0 Å². The minimum atomic E-state index is -0.781. The van der Waals surface area contributed by atoms with Gasteiger partial charge in [-0.25, -0.2) is 0 Å². The van der Waals surface area contributed by atoms with Gasteiger partial charge in [-0.15, -0.1) is 0 Å². The lowest BCUT2D eigenvalue weighted by molar-refractivity contribution is -0.140. The molecule has 2 amide bonds. The number of aliphatic hydroxyl groups is 1. The molecule has 1 saturated heterocycles. The number of ketones is 1. The third-order valence-corrected chi connectivity index (χ3v) is 4.61. The zero-order valence-corrected chi connectivity index (χ0v) is 12.1. The van der Waals surface area contributed by atoms with Gasteiger partial charge in [0.25, 0.3) is 0 Å². The Bertz CT molecular complexity index is 420. The molecule has 5 heteroatoms. The number of Topliss-reactive ketones (excluding diaryl/α,β-unsaturated/α-hetero) is 1. The molecule has 2 N–H and O–H groups in total. The van der Waals surface area contributed by atoms with Crippen LogP contribution in [0, 0.1) is 23.7 Å². The maximum absolute atomic E-state index is 12.2. The van der Waals surface area contributed by atoms with Gasteiger partial charge in [-0.3, -0.25) is 19.7 Å². The molecule has 4 unspecified atom stereocenters. The average molecular weight is 281 g/mol. The third kappa shape index (κ3) is 3.26. The van der Waals surface area contributed by atoms with E-state index < -0.39 is 6.10 Å². The highest BCUT2D eigenvalue weighted by Crippen LogP contribution is 2.34. The van der Waals surface area contributed by atoms with Crippen LogP contribution in [0.5, 0.6) is 0 Å². The highest BCUT2D eigenvalue weighted by Gasteiger charge is 2.38. The summed E-state index contributed by atoms with van der Waals surface area (Å²) in [6.45, 7) is 4.00. The predicted molar refractivity (Wildman–Crippen MR) is 72.6 cm³/mol. The third-order valence-electron chi connectivity index (χ3n) is 4.61. The van der Waals surface area contributed by atoms with Gasteiger partial charge in [0.15, 0.2) is 0 Å². The van der Waals surface area contributed by atoms with Crippen LogP contribution < -0.4 is 5.32 Å². The number of piperidine rings is 1. The number of carbonyl (C=O) groups is 3. The molecular weight excluding hydrogens is 258 g/mol. The monoisotopic (exact) mass is 281 g/mol. The second kappa shape index (κ2) is 6.04. The lowest BCUT2D eigenvalue weighted by atomic mass is 9.72. The van der Waals surface area contributed by atoms with Crippen molar-refractivity contribution in [2.75, 3.05) is 0 Å². The lowest BCUT2D eigenvalue weighted by Gasteiger charge is -2.34. The van der Waals surface area contributed by atoms with Gasteiger partial charge in [-0.2, -0.15) is 0 Å². The van der Waals surface area contributed by atoms with Gasteiger partial charge in [0.1, 0.15) is 5.78 Å². The summed E-state index contributed by atoms with van der Waals surface area (Å²) in [6.07, 6.45) is 1.84. The Labute approximate surface area is 119 Å². The summed E-state index contributed by atoms with van der Waals surface area (Å²) in [5, 5.41) is 12.6. The smallest absolute Gasteiger partial charge is 0.229 e. The summed E-state index contributed by atoms with van der Waals surface area (Å²) >= 11 is 0. The standard InChI is InChI=1S/C15H23NO4/c1-8-5-9(2)14(19)11(6-8)12(17)7-10-3-4-13(18)16-15(10)20/h8-12,17H,3-7H2,1-2H3,(H,16,18,20)/t8-,9?,10?,11?,12?/m0/s1. The van der Waals surface area contributed by atoms with Gasteiger partial charge in [0.2, 0.25) is 11.8 Å². The largest absolute Gasteiger partial charge is 0.392 e. The van der Waals surface area contributed by atoms with E-state index in [4.69, 9.17) is 0 Å². The number of hydrogen-bond donors (Lipinski definition) is 2. The number of aliphatic hydroxyl groups excluding tert-OH is 1. The fourth-order valence-corrected chi connectivity index (χ4v) is 3.50. The van der Waals surface area contributed by atoms with E-state index in [1.54, 1.807) is 0 Å². The highest BCUT2D eigenvalue weighted by molar-refractivity contribution is 5.98. The molecule has 0 bridgehead atoms. The van der Waals surface area contributed by atoms with E-state index in [-0.39, 0.29) is 41.8 Å². The predicted octanol–water partition coefficient (Wildman–Crippen LogP) is 1.04. The fourth-order valence-electron chi connectivity index (χ4n) is 3.50. The van der Waals surface area contributed by atoms with Crippen molar-refractivity contribution in [3.8, 4) is 0 Å². The van der Waals surface area contributed by atoms with Crippen LogP contribution in [-0.2, 0) is 14.4 Å². The highest BCUT2D eigenvalue weighted by atomic mass is 16.3. The zero-order valence-electron chi connectivity index (χ0n) is 12.1. The van der Waals surface area contributed by atoms with Gasteiger partial charge < -0.3 is 5.11 Å². The van der Waals surface area contributed by atoms with E-state index in [0.29, 0.717) is 25.2 Å².